The highest BCUT2D eigenvalue weighted by atomic mass is 32.1. The monoisotopic (exact) mass is 484 g/mol. The van der Waals surface area contributed by atoms with Crippen molar-refractivity contribution in [1.82, 2.24) is 14.5 Å². The van der Waals surface area contributed by atoms with Crippen molar-refractivity contribution in [3.05, 3.63) is 96.2 Å². The van der Waals surface area contributed by atoms with Gasteiger partial charge in [-0.1, -0.05) is 60.7 Å². The number of ether oxygens (including phenoxy) is 1. The Bertz CT molecular complexity index is 1520. The Kier molecular flexibility index (Phi) is 7.64. The Balaban J connectivity index is 0.000000917. The molecule has 0 saturated carbocycles. The number of aromatic nitrogens is 3. The molecule has 3 aromatic carbocycles. The van der Waals surface area contributed by atoms with Crippen LogP contribution in [0.4, 0.5) is 5.82 Å². The van der Waals surface area contributed by atoms with Crippen LogP contribution in [-0.2, 0) is 18.1 Å². The summed E-state index contributed by atoms with van der Waals surface area (Å²) in [6.45, 7) is 2.68. The van der Waals surface area contributed by atoms with E-state index in [1.165, 1.54) is 5.56 Å². The van der Waals surface area contributed by atoms with E-state index in [1.807, 2.05) is 61.5 Å². The summed E-state index contributed by atoms with van der Waals surface area (Å²) in [6.07, 6.45) is 4.10. The number of anilines is 1. The number of nitrogens with zero attached hydrogens (tertiary/aromatic N) is 3. The molecule has 0 aliphatic heterocycles. The normalized spacial score (nSPS) is 10.8. The fourth-order valence-corrected chi connectivity index (χ4v) is 3.99. The minimum Gasteiger partial charge on any atom is -0.494 e. The molecule has 0 atom stereocenters. The van der Waals surface area contributed by atoms with Crippen LogP contribution in [0.1, 0.15) is 18.2 Å². The third kappa shape index (κ3) is 5.12. The van der Waals surface area contributed by atoms with E-state index in [2.05, 4.69) is 46.3 Å². The number of hydrogen-bond donors (Lipinski definition) is 1. The van der Waals surface area contributed by atoms with Gasteiger partial charge in [-0.3, -0.25) is 4.57 Å². The molecular weight excluding hydrogens is 460 g/mol. The number of methoxy groups -OCH3 is 1. The van der Waals surface area contributed by atoms with Gasteiger partial charge in [0, 0.05) is 23.0 Å². The zero-order valence-corrected chi connectivity index (χ0v) is 20.2. The van der Waals surface area contributed by atoms with E-state index < -0.39 is 11.6 Å². The maximum Gasteiger partial charge on any atom is 0.335 e. The van der Waals surface area contributed by atoms with Gasteiger partial charge in [-0.15, -0.1) is 0 Å². The van der Waals surface area contributed by atoms with Crippen LogP contribution in [0.15, 0.2) is 84.9 Å². The van der Waals surface area contributed by atoms with Crippen molar-refractivity contribution in [2.45, 2.75) is 13.5 Å². The predicted octanol–water partition coefficient (Wildman–Crippen LogP) is 5.56. The molecule has 0 bridgehead atoms. The quantitative estimate of drug-likeness (QED) is 0.340. The summed E-state index contributed by atoms with van der Waals surface area (Å²) in [5.41, 5.74) is 4.05. The highest BCUT2D eigenvalue weighted by molar-refractivity contribution is 7.51. The molecule has 5 rings (SSSR count). The molecule has 7 nitrogen and oxygen atoms in total. The SMILES string of the molecule is C/C=C/c1cc2ccccc2n1-c1nc(NCc2ccccc2)c2cccc(OC)c2n1.O=S=O. The van der Waals surface area contributed by atoms with Gasteiger partial charge in [0.05, 0.1) is 12.6 Å². The van der Waals surface area contributed by atoms with Crippen molar-refractivity contribution in [3.63, 3.8) is 0 Å². The van der Waals surface area contributed by atoms with Gasteiger partial charge in [-0.2, -0.15) is 13.4 Å². The van der Waals surface area contributed by atoms with E-state index in [9.17, 15) is 0 Å². The Morgan fingerprint density at radius 3 is 2.46 bits per heavy atom. The van der Waals surface area contributed by atoms with Gasteiger partial charge in [0.25, 0.3) is 0 Å². The van der Waals surface area contributed by atoms with Crippen LogP contribution in [0, 0.1) is 0 Å². The third-order valence-corrected chi connectivity index (χ3v) is 5.48. The van der Waals surface area contributed by atoms with Gasteiger partial charge >= 0.3 is 11.6 Å². The van der Waals surface area contributed by atoms with E-state index >= 15 is 0 Å². The molecule has 176 valence electrons. The molecule has 0 aliphatic rings. The van der Waals surface area contributed by atoms with Crippen molar-refractivity contribution in [3.8, 4) is 11.7 Å². The Hall–Kier alpha value is -4.30. The number of allylic oxidation sites excluding steroid dienone is 1. The molecule has 0 unspecified atom stereocenters. The van der Waals surface area contributed by atoms with Crippen LogP contribution < -0.4 is 10.1 Å². The number of para-hydroxylation sites is 2. The molecule has 5 aromatic rings. The van der Waals surface area contributed by atoms with Crippen molar-refractivity contribution < 1.29 is 13.2 Å². The molecule has 0 radical (unpaired) electrons. The lowest BCUT2D eigenvalue weighted by Crippen LogP contribution is -2.09. The molecule has 2 heterocycles. The maximum absolute atomic E-state index is 8.29. The van der Waals surface area contributed by atoms with Crippen LogP contribution >= 0.6 is 0 Å². The minimum absolute atomic E-state index is 0.604. The Morgan fingerprint density at radius 1 is 0.971 bits per heavy atom. The van der Waals surface area contributed by atoms with Gasteiger partial charge in [0.2, 0.25) is 5.95 Å². The molecule has 0 saturated heterocycles. The first-order chi connectivity index (χ1) is 17.2. The van der Waals surface area contributed by atoms with Crippen molar-refractivity contribution in [2.24, 2.45) is 0 Å². The summed E-state index contributed by atoms with van der Waals surface area (Å²) >= 11 is -0.750. The van der Waals surface area contributed by atoms with Crippen molar-refractivity contribution in [2.75, 3.05) is 12.4 Å². The van der Waals surface area contributed by atoms with Crippen LogP contribution in [0.5, 0.6) is 5.75 Å². The number of benzene rings is 3. The molecule has 0 fully saturated rings. The molecule has 8 heteroatoms. The Labute approximate surface area is 206 Å². The van der Waals surface area contributed by atoms with Gasteiger partial charge in [0.15, 0.2) is 0 Å². The van der Waals surface area contributed by atoms with Crippen molar-refractivity contribution in [1.29, 1.82) is 0 Å². The van der Waals surface area contributed by atoms with E-state index in [4.69, 9.17) is 23.1 Å². The van der Waals surface area contributed by atoms with Crippen molar-refractivity contribution >= 4 is 45.3 Å². The summed E-state index contributed by atoms with van der Waals surface area (Å²) in [7, 11) is 1.67. The van der Waals surface area contributed by atoms with E-state index in [1.54, 1.807) is 7.11 Å². The smallest absolute Gasteiger partial charge is 0.335 e. The highest BCUT2D eigenvalue weighted by Crippen LogP contribution is 2.31. The average molecular weight is 485 g/mol. The van der Waals surface area contributed by atoms with Gasteiger partial charge in [-0.25, -0.2) is 4.98 Å². The topological polar surface area (TPSA) is 86.1 Å². The molecule has 1 N–H and O–H groups in total. The Morgan fingerprint density at radius 2 is 1.71 bits per heavy atom. The number of nitrogens with one attached hydrogen (secondary N) is 1. The second kappa shape index (κ2) is 11.2. The molecular formula is C27H24N4O3S. The first-order valence-electron chi connectivity index (χ1n) is 11.0. The fourth-order valence-electron chi connectivity index (χ4n) is 3.99. The van der Waals surface area contributed by atoms with Gasteiger partial charge in [0.1, 0.15) is 17.1 Å². The summed E-state index contributed by atoms with van der Waals surface area (Å²) < 4.78 is 24.3. The molecule has 0 amide bonds. The fraction of sp³-hybridized carbons (Fsp3) is 0.111. The molecule has 2 aromatic heterocycles. The molecule has 0 spiro atoms. The average Bonchev–Trinajstić information content (AvgIpc) is 3.26. The van der Waals surface area contributed by atoms with Crippen LogP contribution in [-0.4, -0.2) is 30.1 Å². The van der Waals surface area contributed by atoms with Crippen LogP contribution in [0.2, 0.25) is 0 Å². The number of fused-ring (bicyclic) bond motifs is 2. The third-order valence-electron chi connectivity index (χ3n) is 5.48. The lowest BCUT2D eigenvalue weighted by Gasteiger charge is -2.14. The van der Waals surface area contributed by atoms with E-state index in [0.717, 1.165) is 39.1 Å². The minimum atomic E-state index is -0.750. The largest absolute Gasteiger partial charge is 0.494 e. The number of rotatable bonds is 6. The zero-order chi connectivity index (χ0) is 24.6. The molecule has 0 aliphatic carbocycles. The van der Waals surface area contributed by atoms with Crippen LogP contribution in [0.25, 0.3) is 33.8 Å². The van der Waals surface area contributed by atoms with Gasteiger partial charge < -0.3 is 10.1 Å². The maximum atomic E-state index is 8.29. The van der Waals surface area contributed by atoms with E-state index in [-0.39, 0.29) is 0 Å². The predicted molar refractivity (Wildman–Crippen MR) is 140 cm³/mol. The standard InChI is InChI=1S/C27H24N4O.O2S/c1-3-10-21-17-20-13-7-8-15-23(20)31(21)27-29-25-22(14-9-16-24(25)32-2)26(30-27)28-18-19-11-5-4-6-12-19;1-3-2/h3-17H,18H2,1-2H3,(H,28,29,30);/b10-3+;. The summed E-state index contributed by atoms with van der Waals surface area (Å²) in [5, 5.41) is 5.59. The second-order valence-electron chi connectivity index (χ2n) is 7.60. The zero-order valence-electron chi connectivity index (χ0n) is 19.3. The summed E-state index contributed by atoms with van der Waals surface area (Å²) in [5.74, 6) is 2.10. The summed E-state index contributed by atoms with van der Waals surface area (Å²) in [6, 6.07) is 26.7. The van der Waals surface area contributed by atoms with Crippen LogP contribution in [0.3, 0.4) is 0 Å². The van der Waals surface area contributed by atoms with E-state index in [0.29, 0.717) is 12.5 Å². The second-order valence-corrected chi connectivity index (χ2v) is 7.74. The number of hydrogen-bond acceptors (Lipinski definition) is 6. The lowest BCUT2D eigenvalue weighted by molar-refractivity contribution is 0.419. The first kappa shape index (κ1) is 23.8. The highest BCUT2D eigenvalue weighted by Gasteiger charge is 2.16. The first-order valence-corrected chi connectivity index (χ1v) is 11.6. The van der Waals surface area contributed by atoms with Gasteiger partial charge in [-0.05, 0) is 42.8 Å². The molecule has 35 heavy (non-hydrogen) atoms. The lowest BCUT2D eigenvalue weighted by atomic mass is 10.2. The summed E-state index contributed by atoms with van der Waals surface area (Å²) in [4.78, 5) is 9.93.